The van der Waals surface area contributed by atoms with Crippen LogP contribution in [-0.4, -0.2) is 28.3 Å². The van der Waals surface area contributed by atoms with Gasteiger partial charge in [0.15, 0.2) is 0 Å². The van der Waals surface area contributed by atoms with Gasteiger partial charge in [0, 0.05) is 18.7 Å². The lowest BCUT2D eigenvalue weighted by Gasteiger charge is -2.24. The third-order valence-corrected chi connectivity index (χ3v) is 4.24. The molecule has 1 aromatic rings. The standard InChI is InChI=1S/C15H19N3O3/c1-10-15(19)17(8-7-11-5-6-11)14(16-10)12-3-2-4-13(9-12)18(20)21/h2-4,9-11,14,16H,5-8H2,1H3. The monoisotopic (exact) mass is 289 g/mol. The van der Waals surface area contributed by atoms with Crippen molar-refractivity contribution in [2.24, 2.45) is 5.92 Å². The Hall–Kier alpha value is -1.95. The lowest BCUT2D eigenvalue weighted by Crippen LogP contribution is -2.31. The maximum atomic E-state index is 12.3. The van der Waals surface area contributed by atoms with Gasteiger partial charge in [0.1, 0.15) is 6.17 Å². The van der Waals surface area contributed by atoms with Crippen LogP contribution in [0.25, 0.3) is 0 Å². The minimum absolute atomic E-state index is 0.0587. The molecular weight excluding hydrogens is 270 g/mol. The highest BCUT2D eigenvalue weighted by Crippen LogP contribution is 2.34. The number of hydrogen-bond donors (Lipinski definition) is 1. The number of hydrogen-bond acceptors (Lipinski definition) is 4. The number of rotatable bonds is 5. The van der Waals surface area contributed by atoms with Crippen molar-refractivity contribution in [3.05, 3.63) is 39.9 Å². The van der Waals surface area contributed by atoms with E-state index in [9.17, 15) is 14.9 Å². The molecule has 112 valence electrons. The average Bonchev–Trinajstić information content (AvgIpc) is 3.25. The number of nitrogens with one attached hydrogen (secondary N) is 1. The number of nitro benzene ring substituents is 1. The lowest BCUT2D eigenvalue weighted by atomic mass is 10.1. The van der Waals surface area contributed by atoms with E-state index in [0.29, 0.717) is 6.54 Å². The molecule has 0 radical (unpaired) electrons. The first-order valence-electron chi connectivity index (χ1n) is 7.37. The van der Waals surface area contributed by atoms with Crippen molar-refractivity contribution in [3.63, 3.8) is 0 Å². The van der Waals surface area contributed by atoms with Gasteiger partial charge in [0.2, 0.25) is 5.91 Å². The Bertz CT molecular complexity index is 571. The Morgan fingerprint density at radius 3 is 2.86 bits per heavy atom. The number of benzene rings is 1. The molecule has 1 aliphatic heterocycles. The van der Waals surface area contributed by atoms with E-state index in [1.54, 1.807) is 12.1 Å². The Morgan fingerprint density at radius 2 is 2.19 bits per heavy atom. The van der Waals surface area contributed by atoms with Crippen LogP contribution in [-0.2, 0) is 4.79 Å². The normalized spacial score (nSPS) is 25.4. The predicted octanol–water partition coefficient (Wildman–Crippen LogP) is 2.21. The Kier molecular flexibility index (Phi) is 3.63. The molecule has 21 heavy (non-hydrogen) atoms. The molecule has 1 heterocycles. The van der Waals surface area contributed by atoms with Gasteiger partial charge in [-0.1, -0.05) is 25.0 Å². The summed E-state index contributed by atoms with van der Waals surface area (Å²) in [4.78, 5) is 24.6. The van der Waals surface area contributed by atoms with E-state index in [0.717, 1.165) is 17.9 Å². The first-order chi connectivity index (χ1) is 10.1. The molecule has 1 saturated heterocycles. The third-order valence-electron chi connectivity index (χ3n) is 4.24. The van der Waals surface area contributed by atoms with Gasteiger partial charge in [-0.3, -0.25) is 20.2 Å². The zero-order valence-electron chi connectivity index (χ0n) is 12.0. The molecule has 0 aromatic heterocycles. The number of amides is 1. The SMILES string of the molecule is CC1NC(c2cccc([N+](=O)[O-])c2)N(CCC2CC2)C1=O. The van der Waals surface area contributed by atoms with Crippen molar-refractivity contribution in [2.75, 3.05) is 6.54 Å². The molecule has 1 amide bonds. The van der Waals surface area contributed by atoms with Crippen LogP contribution in [0.1, 0.15) is 37.9 Å². The van der Waals surface area contributed by atoms with Gasteiger partial charge in [-0.25, -0.2) is 0 Å². The Balaban J connectivity index is 1.81. The molecule has 1 saturated carbocycles. The largest absolute Gasteiger partial charge is 0.322 e. The lowest BCUT2D eigenvalue weighted by molar-refractivity contribution is -0.385. The molecule has 2 aliphatic rings. The van der Waals surface area contributed by atoms with Gasteiger partial charge in [-0.05, 0) is 24.8 Å². The van der Waals surface area contributed by atoms with Crippen molar-refractivity contribution in [1.82, 2.24) is 10.2 Å². The van der Waals surface area contributed by atoms with Gasteiger partial charge in [0.25, 0.3) is 5.69 Å². The van der Waals surface area contributed by atoms with Crippen LogP contribution in [0, 0.1) is 16.0 Å². The molecule has 6 nitrogen and oxygen atoms in total. The first-order valence-corrected chi connectivity index (χ1v) is 7.37. The highest BCUT2D eigenvalue weighted by Gasteiger charge is 2.38. The summed E-state index contributed by atoms with van der Waals surface area (Å²) in [5, 5.41) is 14.1. The Morgan fingerprint density at radius 1 is 1.43 bits per heavy atom. The molecule has 0 spiro atoms. The van der Waals surface area contributed by atoms with Crippen LogP contribution in [0.2, 0.25) is 0 Å². The maximum absolute atomic E-state index is 12.3. The fourth-order valence-electron chi connectivity index (χ4n) is 2.83. The van der Waals surface area contributed by atoms with Gasteiger partial charge in [0.05, 0.1) is 11.0 Å². The zero-order valence-corrected chi connectivity index (χ0v) is 12.0. The van der Waals surface area contributed by atoms with E-state index >= 15 is 0 Å². The second-order valence-electron chi connectivity index (χ2n) is 5.91. The molecule has 3 rings (SSSR count). The smallest absolute Gasteiger partial charge is 0.269 e. The molecule has 2 atom stereocenters. The predicted molar refractivity (Wildman–Crippen MR) is 77.5 cm³/mol. The summed E-state index contributed by atoms with van der Waals surface area (Å²) in [6.45, 7) is 2.55. The van der Waals surface area contributed by atoms with Gasteiger partial charge in [-0.2, -0.15) is 0 Å². The number of nitrogens with zero attached hydrogens (tertiary/aromatic N) is 2. The molecular formula is C15H19N3O3. The molecule has 0 bridgehead atoms. The summed E-state index contributed by atoms with van der Waals surface area (Å²) in [7, 11) is 0. The van der Waals surface area contributed by atoms with Crippen LogP contribution in [0.5, 0.6) is 0 Å². The third kappa shape index (κ3) is 2.90. The highest BCUT2D eigenvalue weighted by molar-refractivity contribution is 5.84. The highest BCUT2D eigenvalue weighted by atomic mass is 16.6. The molecule has 1 aromatic carbocycles. The second-order valence-corrected chi connectivity index (χ2v) is 5.91. The fraction of sp³-hybridized carbons (Fsp3) is 0.533. The van der Waals surface area contributed by atoms with Crippen LogP contribution in [0.15, 0.2) is 24.3 Å². The summed E-state index contributed by atoms with van der Waals surface area (Å²) < 4.78 is 0. The van der Waals surface area contributed by atoms with Crippen LogP contribution < -0.4 is 5.32 Å². The number of non-ortho nitro benzene ring substituents is 1. The van der Waals surface area contributed by atoms with Crippen LogP contribution >= 0.6 is 0 Å². The van der Waals surface area contributed by atoms with Crippen molar-refractivity contribution in [3.8, 4) is 0 Å². The van der Waals surface area contributed by atoms with E-state index in [1.165, 1.54) is 18.9 Å². The van der Waals surface area contributed by atoms with E-state index < -0.39 is 4.92 Å². The van der Waals surface area contributed by atoms with Crippen molar-refractivity contribution < 1.29 is 9.72 Å². The quantitative estimate of drug-likeness (QED) is 0.666. The van der Waals surface area contributed by atoms with E-state index in [2.05, 4.69) is 5.32 Å². The topological polar surface area (TPSA) is 75.5 Å². The molecule has 1 N–H and O–H groups in total. The van der Waals surface area contributed by atoms with E-state index in [-0.39, 0.29) is 23.8 Å². The molecule has 2 fully saturated rings. The van der Waals surface area contributed by atoms with Gasteiger partial charge < -0.3 is 4.90 Å². The van der Waals surface area contributed by atoms with Crippen LogP contribution in [0.3, 0.4) is 0 Å². The maximum Gasteiger partial charge on any atom is 0.269 e. The first kappa shape index (κ1) is 14.0. The molecule has 1 aliphatic carbocycles. The van der Waals surface area contributed by atoms with Crippen LogP contribution in [0.4, 0.5) is 5.69 Å². The molecule has 2 unspecified atom stereocenters. The van der Waals surface area contributed by atoms with Crippen molar-refractivity contribution in [1.29, 1.82) is 0 Å². The van der Waals surface area contributed by atoms with Crippen molar-refractivity contribution in [2.45, 2.75) is 38.4 Å². The van der Waals surface area contributed by atoms with E-state index in [1.807, 2.05) is 17.9 Å². The number of carbonyl (C=O) groups excluding carboxylic acids is 1. The fourth-order valence-corrected chi connectivity index (χ4v) is 2.83. The Labute approximate surface area is 123 Å². The summed E-state index contributed by atoms with van der Waals surface area (Å²) in [5.41, 5.74) is 0.834. The van der Waals surface area contributed by atoms with E-state index in [4.69, 9.17) is 0 Å². The summed E-state index contributed by atoms with van der Waals surface area (Å²) in [5.74, 6) is 0.826. The minimum atomic E-state index is -0.405. The zero-order chi connectivity index (χ0) is 15.0. The number of carbonyl (C=O) groups is 1. The van der Waals surface area contributed by atoms with Crippen molar-refractivity contribution >= 4 is 11.6 Å². The summed E-state index contributed by atoms with van der Waals surface area (Å²) in [6.07, 6.45) is 3.27. The second kappa shape index (κ2) is 5.44. The summed E-state index contributed by atoms with van der Waals surface area (Å²) >= 11 is 0. The molecule has 6 heteroatoms. The average molecular weight is 289 g/mol. The van der Waals surface area contributed by atoms with Gasteiger partial charge in [-0.15, -0.1) is 0 Å². The number of nitro groups is 1. The summed E-state index contributed by atoms with van der Waals surface area (Å²) in [6, 6.07) is 6.28. The van der Waals surface area contributed by atoms with Gasteiger partial charge >= 0.3 is 0 Å². The minimum Gasteiger partial charge on any atom is -0.322 e.